The zero-order chi connectivity index (χ0) is 19.4. The summed E-state index contributed by atoms with van der Waals surface area (Å²) in [5.74, 6) is -0.711. The summed E-state index contributed by atoms with van der Waals surface area (Å²) in [6, 6.07) is 20.0. The van der Waals surface area contributed by atoms with E-state index in [9.17, 15) is 9.90 Å². The highest BCUT2D eigenvalue weighted by Crippen LogP contribution is 2.47. The molecule has 2 aromatic rings. The van der Waals surface area contributed by atoms with Gasteiger partial charge in [-0.1, -0.05) is 73.5 Å². The van der Waals surface area contributed by atoms with Gasteiger partial charge in [-0.3, -0.25) is 9.69 Å². The van der Waals surface area contributed by atoms with Crippen LogP contribution in [0.15, 0.2) is 60.7 Å². The first-order valence-electron chi connectivity index (χ1n) is 10.4. The van der Waals surface area contributed by atoms with E-state index < -0.39 is 11.4 Å². The number of carboxylic acids is 1. The van der Waals surface area contributed by atoms with Crippen molar-refractivity contribution in [1.29, 1.82) is 0 Å². The second kappa shape index (κ2) is 9.75. The average molecular weight is 416 g/mol. The Kier molecular flexibility index (Phi) is 7.33. The maximum atomic E-state index is 13.1. The monoisotopic (exact) mass is 415 g/mol. The Morgan fingerprint density at radius 3 is 1.93 bits per heavy atom. The van der Waals surface area contributed by atoms with Crippen molar-refractivity contribution in [3.63, 3.8) is 0 Å². The molecule has 0 aromatic heterocycles. The normalized spacial score (nSPS) is 23.2. The quantitative estimate of drug-likeness (QED) is 0.787. The summed E-state index contributed by atoms with van der Waals surface area (Å²) >= 11 is 0. The van der Waals surface area contributed by atoms with Gasteiger partial charge < -0.3 is 9.84 Å². The van der Waals surface area contributed by atoms with E-state index in [4.69, 9.17) is 4.74 Å². The number of nitrogens with zero attached hydrogens (tertiary/aromatic N) is 1. The SMILES string of the molecule is Cl.O=C(O)C(c1ccccc1)(c1ccccc1)C1CCCCC1N1CCOCC1. The minimum Gasteiger partial charge on any atom is -0.480 e. The van der Waals surface area contributed by atoms with Gasteiger partial charge in [-0.2, -0.15) is 0 Å². The molecule has 2 fully saturated rings. The van der Waals surface area contributed by atoms with E-state index in [0.717, 1.165) is 63.1 Å². The molecule has 5 heteroatoms. The fraction of sp³-hybridized carbons (Fsp3) is 0.458. The molecule has 2 aromatic carbocycles. The van der Waals surface area contributed by atoms with Gasteiger partial charge in [0.25, 0.3) is 0 Å². The first-order chi connectivity index (χ1) is 13.7. The average Bonchev–Trinajstić information content (AvgIpc) is 2.77. The number of carbonyl (C=O) groups is 1. The topological polar surface area (TPSA) is 49.8 Å². The van der Waals surface area contributed by atoms with Gasteiger partial charge in [0.2, 0.25) is 0 Å². The number of ether oxygens (including phenoxy) is 1. The van der Waals surface area contributed by atoms with Gasteiger partial charge >= 0.3 is 5.97 Å². The number of hydrogen-bond acceptors (Lipinski definition) is 3. The number of benzene rings is 2. The zero-order valence-electron chi connectivity index (χ0n) is 16.7. The van der Waals surface area contributed by atoms with E-state index >= 15 is 0 Å². The first-order valence-corrected chi connectivity index (χ1v) is 10.4. The minimum atomic E-state index is -1.04. The number of carboxylic acid groups (broad SMARTS) is 1. The lowest BCUT2D eigenvalue weighted by Crippen LogP contribution is -2.57. The number of morpholine rings is 1. The molecule has 156 valence electrons. The summed E-state index contributed by atoms with van der Waals surface area (Å²) < 4.78 is 5.57. The van der Waals surface area contributed by atoms with Crippen molar-refractivity contribution in [1.82, 2.24) is 4.90 Å². The Balaban J connectivity index is 0.00000240. The van der Waals surface area contributed by atoms with Crippen molar-refractivity contribution in [2.75, 3.05) is 26.3 Å². The Morgan fingerprint density at radius 2 is 1.41 bits per heavy atom. The molecule has 1 aliphatic carbocycles. The lowest BCUT2D eigenvalue weighted by atomic mass is 9.59. The zero-order valence-corrected chi connectivity index (χ0v) is 17.5. The van der Waals surface area contributed by atoms with Gasteiger partial charge in [0.1, 0.15) is 5.41 Å². The van der Waals surface area contributed by atoms with Crippen LogP contribution < -0.4 is 0 Å². The standard InChI is InChI=1S/C24H29NO3.ClH/c26-23(27)24(19-9-3-1-4-10-19,20-11-5-2-6-12-20)21-13-7-8-14-22(21)25-15-17-28-18-16-25;/h1-6,9-12,21-22H,7-8,13-18H2,(H,26,27);1H. The van der Waals surface area contributed by atoms with E-state index in [1.54, 1.807) is 0 Å². The van der Waals surface area contributed by atoms with Gasteiger partial charge in [0.15, 0.2) is 0 Å². The highest BCUT2D eigenvalue weighted by molar-refractivity contribution is 5.87. The van der Waals surface area contributed by atoms with Crippen LogP contribution in [-0.2, 0) is 14.9 Å². The molecule has 4 rings (SSSR count). The Bertz CT molecular complexity index is 738. The molecule has 1 saturated carbocycles. The van der Waals surface area contributed by atoms with Gasteiger partial charge in [0.05, 0.1) is 13.2 Å². The fourth-order valence-corrected chi connectivity index (χ4v) is 5.37. The molecular weight excluding hydrogens is 386 g/mol. The van der Waals surface area contributed by atoms with Crippen LogP contribution in [0.2, 0.25) is 0 Å². The molecule has 4 nitrogen and oxygen atoms in total. The molecule has 1 heterocycles. The molecule has 1 aliphatic heterocycles. The molecular formula is C24H30ClNO3. The van der Waals surface area contributed by atoms with E-state index in [1.807, 2.05) is 60.7 Å². The third-order valence-corrected chi connectivity index (χ3v) is 6.60. The summed E-state index contributed by atoms with van der Waals surface area (Å²) in [6.07, 6.45) is 4.23. The van der Waals surface area contributed by atoms with Crippen molar-refractivity contribution >= 4 is 18.4 Å². The molecule has 0 spiro atoms. The van der Waals surface area contributed by atoms with Crippen LogP contribution in [-0.4, -0.2) is 48.3 Å². The summed E-state index contributed by atoms with van der Waals surface area (Å²) in [5, 5.41) is 10.8. The Labute approximate surface area is 179 Å². The predicted octanol–water partition coefficient (Wildman–Crippen LogP) is 4.37. The third kappa shape index (κ3) is 4.07. The summed E-state index contributed by atoms with van der Waals surface area (Å²) in [5.41, 5.74) is 0.740. The molecule has 2 atom stereocenters. The molecule has 1 N–H and O–H groups in total. The van der Waals surface area contributed by atoms with Crippen LogP contribution in [0.4, 0.5) is 0 Å². The molecule has 0 radical (unpaired) electrons. The van der Waals surface area contributed by atoms with Gasteiger partial charge in [-0.25, -0.2) is 0 Å². The maximum absolute atomic E-state index is 13.1. The van der Waals surface area contributed by atoms with E-state index in [2.05, 4.69) is 4.90 Å². The van der Waals surface area contributed by atoms with Crippen LogP contribution in [0.1, 0.15) is 36.8 Å². The van der Waals surface area contributed by atoms with Crippen molar-refractivity contribution in [2.24, 2.45) is 5.92 Å². The Hall–Kier alpha value is -1.88. The van der Waals surface area contributed by atoms with Crippen molar-refractivity contribution in [3.8, 4) is 0 Å². The van der Waals surface area contributed by atoms with Gasteiger partial charge in [0, 0.05) is 19.1 Å². The summed E-state index contributed by atoms with van der Waals surface area (Å²) in [7, 11) is 0. The van der Waals surface area contributed by atoms with Crippen LogP contribution in [0.5, 0.6) is 0 Å². The molecule has 2 aliphatic rings. The Morgan fingerprint density at radius 1 is 0.897 bits per heavy atom. The second-order valence-corrected chi connectivity index (χ2v) is 7.95. The van der Waals surface area contributed by atoms with E-state index in [0.29, 0.717) is 0 Å². The van der Waals surface area contributed by atoms with Gasteiger partial charge in [-0.05, 0) is 29.9 Å². The molecule has 1 saturated heterocycles. The van der Waals surface area contributed by atoms with Crippen molar-refractivity contribution in [2.45, 2.75) is 37.1 Å². The van der Waals surface area contributed by atoms with Crippen molar-refractivity contribution in [3.05, 3.63) is 71.8 Å². The van der Waals surface area contributed by atoms with Crippen LogP contribution in [0.3, 0.4) is 0 Å². The van der Waals surface area contributed by atoms with Crippen LogP contribution >= 0.6 is 12.4 Å². The second-order valence-electron chi connectivity index (χ2n) is 7.95. The number of hydrogen-bond donors (Lipinski definition) is 1. The van der Waals surface area contributed by atoms with Crippen LogP contribution in [0.25, 0.3) is 0 Å². The minimum absolute atomic E-state index is 0. The molecule has 2 unspecified atom stereocenters. The number of rotatable bonds is 5. The summed E-state index contributed by atoms with van der Waals surface area (Å²) in [4.78, 5) is 15.6. The smallest absolute Gasteiger partial charge is 0.318 e. The highest BCUT2D eigenvalue weighted by Gasteiger charge is 2.53. The van der Waals surface area contributed by atoms with Crippen LogP contribution in [0, 0.1) is 5.92 Å². The molecule has 29 heavy (non-hydrogen) atoms. The summed E-state index contributed by atoms with van der Waals surface area (Å²) in [6.45, 7) is 3.25. The number of aliphatic carboxylic acids is 1. The maximum Gasteiger partial charge on any atom is 0.318 e. The fourth-order valence-electron chi connectivity index (χ4n) is 5.37. The molecule has 0 bridgehead atoms. The highest BCUT2D eigenvalue weighted by atomic mass is 35.5. The molecule has 0 amide bonds. The van der Waals surface area contributed by atoms with E-state index in [-0.39, 0.29) is 24.4 Å². The predicted molar refractivity (Wildman–Crippen MR) is 117 cm³/mol. The number of halogens is 1. The lowest BCUT2D eigenvalue weighted by Gasteiger charge is -2.49. The largest absolute Gasteiger partial charge is 0.480 e. The third-order valence-electron chi connectivity index (χ3n) is 6.60. The first kappa shape index (κ1) is 21.8. The van der Waals surface area contributed by atoms with Gasteiger partial charge in [-0.15, -0.1) is 12.4 Å². The van der Waals surface area contributed by atoms with Crippen molar-refractivity contribution < 1.29 is 14.6 Å². The lowest BCUT2D eigenvalue weighted by molar-refractivity contribution is -0.146. The van der Waals surface area contributed by atoms with E-state index in [1.165, 1.54) is 0 Å².